The number of aromatic amines is 1. The smallest absolute Gasteiger partial charge is 0.306 e. The molecule has 1 aliphatic carbocycles. The van der Waals surface area contributed by atoms with Crippen molar-refractivity contribution in [2.75, 3.05) is 0 Å². The Kier molecular flexibility index (Phi) is 2.86. The van der Waals surface area contributed by atoms with Gasteiger partial charge in [-0.1, -0.05) is 25.1 Å². The highest BCUT2D eigenvalue weighted by atomic mass is 32.1. The first-order chi connectivity index (χ1) is 10.2. The van der Waals surface area contributed by atoms with Gasteiger partial charge in [-0.3, -0.25) is 4.57 Å². The molecule has 4 rings (SSSR count). The van der Waals surface area contributed by atoms with E-state index in [9.17, 15) is 4.79 Å². The van der Waals surface area contributed by atoms with Crippen LogP contribution in [0.5, 0.6) is 0 Å². The topological polar surface area (TPSA) is 37.8 Å². The molecule has 0 fully saturated rings. The molecule has 0 aliphatic heterocycles. The molecule has 3 aromatic rings. The third kappa shape index (κ3) is 1.98. The van der Waals surface area contributed by atoms with Crippen molar-refractivity contribution in [3.63, 3.8) is 0 Å². The van der Waals surface area contributed by atoms with Crippen molar-refractivity contribution in [3.05, 3.63) is 62.2 Å². The van der Waals surface area contributed by atoms with Crippen LogP contribution in [0.3, 0.4) is 0 Å². The Bertz CT molecular complexity index is 897. The molecule has 3 nitrogen and oxygen atoms in total. The summed E-state index contributed by atoms with van der Waals surface area (Å²) < 4.78 is 1.84. The van der Waals surface area contributed by atoms with Gasteiger partial charge in [0.25, 0.3) is 0 Å². The molecule has 1 N–H and O–H groups in total. The summed E-state index contributed by atoms with van der Waals surface area (Å²) in [6.45, 7) is 2.91. The number of hydrogen-bond acceptors (Lipinski definition) is 2. The van der Waals surface area contributed by atoms with Crippen molar-refractivity contribution in [3.8, 4) is 0 Å². The second-order valence-corrected chi connectivity index (χ2v) is 6.52. The monoisotopic (exact) mass is 296 g/mol. The molecule has 0 radical (unpaired) electrons. The van der Waals surface area contributed by atoms with Crippen LogP contribution < -0.4 is 5.69 Å². The number of nitrogens with one attached hydrogen (secondary N) is 1. The standard InChI is InChI=1S/C17H16N2OS/c1-11-5-4-8-15-16(11)12(10-21-15)9-19-14-7-3-2-6-13(14)18-17(19)20/h2-4,6-8,10-11H,5,9H2,1H3,(H,18,20). The zero-order valence-corrected chi connectivity index (χ0v) is 12.6. The molecule has 1 atom stereocenters. The van der Waals surface area contributed by atoms with E-state index < -0.39 is 0 Å². The minimum atomic E-state index is -0.0323. The van der Waals surface area contributed by atoms with Crippen molar-refractivity contribution >= 4 is 28.4 Å². The van der Waals surface area contributed by atoms with E-state index in [1.54, 1.807) is 11.3 Å². The van der Waals surface area contributed by atoms with Crippen LogP contribution in [0.4, 0.5) is 0 Å². The fourth-order valence-electron chi connectivity index (χ4n) is 3.16. The van der Waals surface area contributed by atoms with Crippen LogP contribution in [0.2, 0.25) is 0 Å². The molecule has 0 saturated heterocycles. The number of nitrogens with zero attached hydrogens (tertiary/aromatic N) is 1. The van der Waals surface area contributed by atoms with Gasteiger partial charge in [0.2, 0.25) is 0 Å². The Balaban J connectivity index is 1.83. The molecule has 106 valence electrons. The first kappa shape index (κ1) is 12.7. The summed E-state index contributed by atoms with van der Waals surface area (Å²) in [6, 6.07) is 7.86. The fraction of sp³-hybridized carbons (Fsp3) is 0.235. The van der Waals surface area contributed by atoms with Crippen LogP contribution in [0.15, 0.2) is 40.5 Å². The molecule has 0 bridgehead atoms. The van der Waals surface area contributed by atoms with E-state index in [0.29, 0.717) is 12.5 Å². The highest BCUT2D eigenvalue weighted by Crippen LogP contribution is 2.36. The summed E-state index contributed by atoms with van der Waals surface area (Å²) in [5, 5.41) is 2.20. The molecule has 0 amide bonds. The predicted molar refractivity (Wildman–Crippen MR) is 88.0 cm³/mol. The summed E-state index contributed by atoms with van der Waals surface area (Å²) >= 11 is 1.78. The van der Waals surface area contributed by atoms with E-state index in [4.69, 9.17) is 0 Å². The third-order valence-corrected chi connectivity index (χ3v) is 5.21. The molecule has 2 aromatic heterocycles. The van der Waals surface area contributed by atoms with Gasteiger partial charge in [-0.05, 0) is 47.1 Å². The zero-order valence-electron chi connectivity index (χ0n) is 11.8. The van der Waals surface area contributed by atoms with Gasteiger partial charge in [-0.15, -0.1) is 11.3 Å². The normalized spacial score (nSPS) is 17.3. The number of H-pyrrole nitrogens is 1. The van der Waals surface area contributed by atoms with Gasteiger partial charge in [0.15, 0.2) is 0 Å². The van der Waals surface area contributed by atoms with Crippen molar-refractivity contribution in [1.82, 2.24) is 9.55 Å². The van der Waals surface area contributed by atoms with E-state index >= 15 is 0 Å². The highest BCUT2D eigenvalue weighted by Gasteiger charge is 2.19. The fourth-order valence-corrected chi connectivity index (χ4v) is 4.27. The quantitative estimate of drug-likeness (QED) is 0.763. The molecule has 0 spiro atoms. The molecule has 1 aromatic carbocycles. The SMILES string of the molecule is CC1CC=Cc2scc(Cn3c(=O)[nH]c4ccccc43)c21. The minimum Gasteiger partial charge on any atom is -0.306 e. The van der Waals surface area contributed by atoms with Gasteiger partial charge >= 0.3 is 5.69 Å². The van der Waals surface area contributed by atoms with Gasteiger partial charge in [0, 0.05) is 4.88 Å². The lowest BCUT2D eigenvalue weighted by Crippen LogP contribution is -2.18. The van der Waals surface area contributed by atoms with Crippen LogP contribution in [-0.4, -0.2) is 9.55 Å². The van der Waals surface area contributed by atoms with Crippen molar-refractivity contribution in [1.29, 1.82) is 0 Å². The first-order valence-electron chi connectivity index (χ1n) is 7.18. The Morgan fingerprint density at radius 2 is 2.24 bits per heavy atom. The Morgan fingerprint density at radius 3 is 3.14 bits per heavy atom. The maximum Gasteiger partial charge on any atom is 0.326 e. The summed E-state index contributed by atoms with van der Waals surface area (Å²) in [4.78, 5) is 16.5. The van der Waals surface area contributed by atoms with Crippen molar-refractivity contribution in [2.24, 2.45) is 0 Å². The van der Waals surface area contributed by atoms with E-state index in [0.717, 1.165) is 17.5 Å². The van der Waals surface area contributed by atoms with Gasteiger partial charge in [0.05, 0.1) is 17.6 Å². The average molecular weight is 296 g/mol. The number of aromatic nitrogens is 2. The molecular formula is C17H16N2OS. The van der Waals surface area contributed by atoms with Crippen molar-refractivity contribution < 1.29 is 0 Å². The Hall–Kier alpha value is -2.07. The van der Waals surface area contributed by atoms with Crippen LogP contribution in [0.1, 0.15) is 35.3 Å². The lowest BCUT2D eigenvalue weighted by Gasteiger charge is -2.16. The molecule has 1 aliphatic rings. The largest absolute Gasteiger partial charge is 0.326 e. The van der Waals surface area contributed by atoms with Crippen LogP contribution in [0, 0.1) is 0 Å². The van der Waals surface area contributed by atoms with Crippen molar-refractivity contribution in [2.45, 2.75) is 25.8 Å². The average Bonchev–Trinajstić information content (AvgIpc) is 3.03. The molecular weight excluding hydrogens is 280 g/mol. The van der Waals surface area contributed by atoms with E-state index in [1.165, 1.54) is 16.0 Å². The number of hydrogen-bond donors (Lipinski definition) is 1. The first-order valence-corrected chi connectivity index (χ1v) is 8.06. The number of benzene rings is 1. The Labute approximate surface area is 126 Å². The van der Waals surface area contributed by atoms with Gasteiger partial charge in [0.1, 0.15) is 0 Å². The lowest BCUT2D eigenvalue weighted by molar-refractivity contribution is 0.730. The zero-order chi connectivity index (χ0) is 14.4. The van der Waals surface area contributed by atoms with Gasteiger partial charge in [-0.25, -0.2) is 4.79 Å². The number of thiophene rings is 1. The molecule has 0 saturated carbocycles. The van der Waals surface area contributed by atoms with E-state index in [2.05, 4.69) is 29.4 Å². The second kappa shape index (κ2) is 4.74. The molecule has 2 heterocycles. The highest BCUT2D eigenvalue weighted by molar-refractivity contribution is 7.11. The maximum absolute atomic E-state index is 12.2. The molecule has 1 unspecified atom stereocenters. The third-order valence-electron chi connectivity index (χ3n) is 4.20. The minimum absolute atomic E-state index is 0.0323. The van der Waals surface area contributed by atoms with E-state index in [1.807, 2.05) is 28.8 Å². The molecule has 21 heavy (non-hydrogen) atoms. The van der Waals surface area contributed by atoms with Gasteiger partial charge < -0.3 is 4.98 Å². The summed E-state index contributed by atoms with van der Waals surface area (Å²) in [6.07, 6.45) is 5.53. The second-order valence-electron chi connectivity index (χ2n) is 5.61. The number of allylic oxidation sites excluding steroid dienone is 1. The molecule has 4 heteroatoms. The maximum atomic E-state index is 12.2. The van der Waals surface area contributed by atoms with Crippen LogP contribution in [-0.2, 0) is 6.54 Å². The van der Waals surface area contributed by atoms with E-state index in [-0.39, 0.29) is 5.69 Å². The Morgan fingerprint density at radius 1 is 1.38 bits per heavy atom. The number of rotatable bonds is 2. The number of imidazole rings is 1. The summed E-state index contributed by atoms with van der Waals surface area (Å²) in [5.74, 6) is 0.534. The number of fused-ring (bicyclic) bond motifs is 2. The van der Waals surface area contributed by atoms with Crippen LogP contribution in [0.25, 0.3) is 17.1 Å². The number of para-hydroxylation sites is 2. The predicted octanol–water partition coefficient (Wildman–Crippen LogP) is 3.96. The van der Waals surface area contributed by atoms with Crippen LogP contribution >= 0.6 is 11.3 Å². The summed E-state index contributed by atoms with van der Waals surface area (Å²) in [5.41, 5.74) is 4.54. The summed E-state index contributed by atoms with van der Waals surface area (Å²) in [7, 11) is 0. The van der Waals surface area contributed by atoms with Gasteiger partial charge in [-0.2, -0.15) is 0 Å². The lowest BCUT2D eigenvalue weighted by atomic mass is 9.90.